The number of H-pyrrole nitrogens is 1. The number of nitrogens with zero attached hydrogens (tertiary/aromatic N) is 1. The van der Waals surface area contributed by atoms with Crippen molar-refractivity contribution in [2.24, 2.45) is 0 Å². The van der Waals surface area contributed by atoms with E-state index in [0.717, 1.165) is 16.4 Å². The molecule has 0 spiro atoms. The second-order valence-electron chi connectivity index (χ2n) is 5.12. The lowest BCUT2D eigenvalue weighted by molar-refractivity contribution is 0.171. The van der Waals surface area contributed by atoms with Crippen LogP contribution in [0.2, 0.25) is 0 Å². The van der Waals surface area contributed by atoms with Crippen LogP contribution in [0, 0.1) is 0 Å². The van der Waals surface area contributed by atoms with Crippen molar-refractivity contribution in [2.45, 2.75) is 10.6 Å². The van der Waals surface area contributed by atoms with Gasteiger partial charge in [-0.1, -0.05) is 12.1 Å². The van der Waals surface area contributed by atoms with Crippen LogP contribution in [-0.4, -0.2) is 23.2 Å². The maximum absolute atomic E-state index is 12.1. The molecular weight excluding hydrogens is 312 g/mol. The van der Waals surface area contributed by atoms with Gasteiger partial charge in [-0.05, 0) is 30.3 Å². The van der Waals surface area contributed by atoms with Crippen LogP contribution in [-0.2, 0) is 5.75 Å². The Balaban J connectivity index is 1.56. The molecule has 23 heavy (non-hydrogen) atoms. The highest BCUT2D eigenvalue weighted by molar-refractivity contribution is 7.98. The standard InChI is InChI=1S/C17H14N2O3S/c20-17-12-3-1-2-4-13(12)18-16(19-17)10-23-11-5-6-14-15(9-11)22-8-7-21-14/h1-6,9H,7-8,10H2,(H,18,19,20). The third-order valence-corrected chi connectivity index (χ3v) is 4.56. The molecule has 0 fully saturated rings. The molecule has 0 saturated carbocycles. The zero-order valence-electron chi connectivity index (χ0n) is 12.2. The molecule has 2 heterocycles. The van der Waals surface area contributed by atoms with Crippen molar-refractivity contribution in [1.82, 2.24) is 9.97 Å². The van der Waals surface area contributed by atoms with Gasteiger partial charge in [-0.25, -0.2) is 4.98 Å². The van der Waals surface area contributed by atoms with Crippen molar-refractivity contribution >= 4 is 22.7 Å². The van der Waals surface area contributed by atoms with Gasteiger partial charge in [0.1, 0.15) is 19.0 Å². The molecule has 1 aromatic heterocycles. The van der Waals surface area contributed by atoms with Crippen molar-refractivity contribution in [3.63, 3.8) is 0 Å². The first-order chi connectivity index (χ1) is 11.3. The number of ether oxygens (including phenoxy) is 2. The summed E-state index contributed by atoms with van der Waals surface area (Å²) >= 11 is 1.60. The fourth-order valence-electron chi connectivity index (χ4n) is 2.47. The number of aromatic amines is 1. The number of hydrogen-bond acceptors (Lipinski definition) is 5. The van der Waals surface area contributed by atoms with Crippen LogP contribution in [0.5, 0.6) is 11.5 Å². The summed E-state index contributed by atoms with van der Waals surface area (Å²) in [7, 11) is 0. The summed E-state index contributed by atoms with van der Waals surface area (Å²) in [6.07, 6.45) is 0. The molecule has 1 N–H and O–H groups in total. The Kier molecular flexibility index (Phi) is 3.67. The second kappa shape index (κ2) is 5.96. The van der Waals surface area contributed by atoms with Crippen molar-refractivity contribution < 1.29 is 9.47 Å². The Morgan fingerprint density at radius 3 is 2.83 bits per heavy atom. The zero-order valence-corrected chi connectivity index (χ0v) is 13.1. The van der Waals surface area contributed by atoms with Gasteiger partial charge >= 0.3 is 0 Å². The lowest BCUT2D eigenvalue weighted by Gasteiger charge is -2.18. The van der Waals surface area contributed by atoms with E-state index in [1.807, 2.05) is 36.4 Å². The first kappa shape index (κ1) is 14.1. The molecule has 0 unspecified atom stereocenters. The molecule has 0 amide bonds. The van der Waals surface area contributed by atoms with Crippen LogP contribution in [0.25, 0.3) is 10.9 Å². The minimum absolute atomic E-state index is 0.103. The van der Waals surface area contributed by atoms with Gasteiger partial charge < -0.3 is 14.5 Å². The lowest BCUT2D eigenvalue weighted by Crippen LogP contribution is -2.15. The number of nitrogens with one attached hydrogen (secondary N) is 1. The van der Waals surface area contributed by atoms with Crippen LogP contribution < -0.4 is 15.0 Å². The Bertz CT molecular complexity index is 923. The maximum atomic E-state index is 12.1. The number of hydrogen-bond donors (Lipinski definition) is 1. The number of para-hydroxylation sites is 1. The first-order valence-corrected chi connectivity index (χ1v) is 8.28. The molecule has 2 aromatic carbocycles. The summed E-state index contributed by atoms with van der Waals surface area (Å²) in [6, 6.07) is 13.2. The number of thioether (sulfide) groups is 1. The molecule has 0 saturated heterocycles. The normalized spacial score (nSPS) is 13.2. The highest BCUT2D eigenvalue weighted by atomic mass is 32.2. The average molecular weight is 326 g/mol. The SMILES string of the molecule is O=c1[nH]c(CSc2ccc3c(c2)OCCO3)nc2ccccc12. The van der Waals surface area contributed by atoms with Crippen LogP contribution in [0.15, 0.2) is 52.2 Å². The fourth-order valence-corrected chi connectivity index (χ4v) is 3.26. The van der Waals surface area contributed by atoms with Gasteiger partial charge in [-0.15, -0.1) is 11.8 Å². The van der Waals surface area contributed by atoms with E-state index >= 15 is 0 Å². The third kappa shape index (κ3) is 2.90. The molecule has 1 aliphatic rings. The highest BCUT2D eigenvalue weighted by Gasteiger charge is 2.12. The molecule has 5 nitrogen and oxygen atoms in total. The Hall–Kier alpha value is -2.47. The average Bonchev–Trinajstić information content (AvgIpc) is 2.60. The molecule has 0 bridgehead atoms. The van der Waals surface area contributed by atoms with Crippen molar-refractivity contribution in [1.29, 1.82) is 0 Å². The van der Waals surface area contributed by atoms with Gasteiger partial charge in [0, 0.05) is 4.90 Å². The summed E-state index contributed by atoms with van der Waals surface area (Å²) in [6.45, 7) is 1.16. The summed E-state index contributed by atoms with van der Waals surface area (Å²) in [4.78, 5) is 20.5. The molecular formula is C17H14N2O3S. The monoisotopic (exact) mass is 326 g/mol. The number of benzene rings is 2. The van der Waals surface area contributed by atoms with E-state index in [9.17, 15) is 4.79 Å². The maximum Gasteiger partial charge on any atom is 0.258 e. The zero-order chi connectivity index (χ0) is 15.6. The molecule has 0 atom stereocenters. The second-order valence-corrected chi connectivity index (χ2v) is 6.17. The summed E-state index contributed by atoms with van der Waals surface area (Å²) < 4.78 is 11.1. The van der Waals surface area contributed by atoms with Crippen LogP contribution in [0.4, 0.5) is 0 Å². The predicted octanol–water partition coefficient (Wildman–Crippen LogP) is 2.99. The van der Waals surface area contributed by atoms with Crippen LogP contribution >= 0.6 is 11.8 Å². The largest absolute Gasteiger partial charge is 0.486 e. The minimum atomic E-state index is -0.103. The minimum Gasteiger partial charge on any atom is -0.486 e. The van der Waals surface area contributed by atoms with Gasteiger partial charge in [0.2, 0.25) is 0 Å². The van der Waals surface area contributed by atoms with E-state index in [2.05, 4.69) is 9.97 Å². The van der Waals surface area contributed by atoms with Gasteiger partial charge in [-0.2, -0.15) is 0 Å². The van der Waals surface area contributed by atoms with Gasteiger partial charge in [-0.3, -0.25) is 4.79 Å². The van der Waals surface area contributed by atoms with Gasteiger partial charge in [0.25, 0.3) is 5.56 Å². The summed E-state index contributed by atoms with van der Waals surface area (Å²) in [5.41, 5.74) is 0.613. The Morgan fingerprint density at radius 1 is 1.09 bits per heavy atom. The van der Waals surface area contributed by atoms with Gasteiger partial charge in [0.05, 0.1) is 16.7 Å². The highest BCUT2D eigenvalue weighted by Crippen LogP contribution is 2.34. The number of rotatable bonds is 3. The fraction of sp³-hybridized carbons (Fsp3) is 0.176. The van der Waals surface area contributed by atoms with E-state index in [4.69, 9.17) is 9.47 Å². The van der Waals surface area contributed by atoms with E-state index in [1.165, 1.54) is 0 Å². The molecule has 0 aliphatic carbocycles. The van der Waals surface area contributed by atoms with E-state index in [0.29, 0.717) is 35.7 Å². The molecule has 1 aliphatic heterocycles. The van der Waals surface area contributed by atoms with Crippen molar-refractivity contribution in [2.75, 3.05) is 13.2 Å². The lowest BCUT2D eigenvalue weighted by atomic mass is 10.2. The van der Waals surface area contributed by atoms with E-state index in [1.54, 1.807) is 17.8 Å². The van der Waals surface area contributed by atoms with E-state index in [-0.39, 0.29) is 5.56 Å². The Morgan fingerprint density at radius 2 is 1.91 bits per heavy atom. The van der Waals surface area contributed by atoms with Crippen molar-refractivity contribution in [3.8, 4) is 11.5 Å². The van der Waals surface area contributed by atoms with E-state index < -0.39 is 0 Å². The van der Waals surface area contributed by atoms with Crippen LogP contribution in [0.3, 0.4) is 0 Å². The molecule has 116 valence electrons. The Labute approximate surface area is 136 Å². The number of fused-ring (bicyclic) bond motifs is 2. The summed E-state index contributed by atoms with van der Waals surface area (Å²) in [5.74, 6) is 2.78. The first-order valence-electron chi connectivity index (χ1n) is 7.30. The van der Waals surface area contributed by atoms with Crippen molar-refractivity contribution in [3.05, 3.63) is 58.6 Å². The smallest absolute Gasteiger partial charge is 0.258 e. The quantitative estimate of drug-likeness (QED) is 0.750. The van der Waals surface area contributed by atoms with Crippen LogP contribution in [0.1, 0.15) is 5.82 Å². The molecule has 4 rings (SSSR count). The van der Waals surface area contributed by atoms with Gasteiger partial charge in [0.15, 0.2) is 11.5 Å². The predicted molar refractivity (Wildman–Crippen MR) is 89.4 cm³/mol. The molecule has 0 radical (unpaired) electrons. The molecule has 3 aromatic rings. The number of aromatic nitrogens is 2. The molecule has 6 heteroatoms. The summed E-state index contributed by atoms with van der Waals surface area (Å²) in [5, 5.41) is 0.612. The third-order valence-electron chi connectivity index (χ3n) is 3.55. The topological polar surface area (TPSA) is 64.2 Å².